The molecule has 0 spiro atoms. The number of carbonyl (C=O) groups is 3. The van der Waals surface area contributed by atoms with Gasteiger partial charge in [-0.25, -0.2) is 0 Å². The number of imide groups is 1. The molecule has 0 aromatic heterocycles. The Hall–Kier alpha value is -2.48. The van der Waals surface area contributed by atoms with E-state index in [1.165, 1.54) is 7.11 Å². The number of methoxy groups -OCH3 is 2. The molecule has 1 aliphatic rings. The van der Waals surface area contributed by atoms with E-state index in [1.54, 1.807) is 39.2 Å². The number of rotatable bonds is 6. The molecule has 0 unspecified atom stereocenters. The summed E-state index contributed by atoms with van der Waals surface area (Å²) in [6.45, 7) is 4.86. The molecule has 1 aromatic carbocycles. The van der Waals surface area contributed by atoms with Crippen LogP contribution in [-0.4, -0.2) is 48.9 Å². The van der Waals surface area contributed by atoms with Crippen LogP contribution in [0, 0.1) is 6.92 Å². The second kappa shape index (κ2) is 8.27. The van der Waals surface area contributed by atoms with Gasteiger partial charge < -0.3 is 14.2 Å². The SMILES string of the molecule is COc1cc(C)c(/C=C2/SC(=O)N(CC(=O)OC(C)C)C2=O)cc1OC. The number of esters is 1. The Morgan fingerprint density at radius 1 is 1.19 bits per heavy atom. The Bertz CT molecular complexity index is 771. The molecule has 1 aliphatic heterocycles. The molecule has 1 heterocycles. The van der Waals surface area contributed by atoms with E-state index in [9.17, 15) is 14.4 Å². The number of thioether (sulfide) groups is 1. The van der Waals surface area contributed by atoms with Gasteiger partial charge in [-0.1, -0.05) is 0 Å². The van der Waals surface area contributed by atoms with Crippen LogP contribution in [0.3, 0.4) is 0 Å². The minimum absolute atomic E-state index is 0.239. The zero-order chi connectivity index (χ0) is 19.4. The van der Waals surface area contributed by atoms with Gasteiger partial charge in [-0.05, 0) is 61.9 Å². The monoisotopic (exact) mass is 379 g/mol. The van der Waals surface area contributed by atoms with E-state index in [0.717, 1.165) is 27.8 Å². The molecule has 1 saturated heterocycles. The molecule has 2 amide bonds. The van der Waals surface area contributed by atoms with E-state index in [0.29, 0.717) is 11.5 Å². The van der Waals surface area contributed by atoms with Gasteiger partial charge in [-0.15, -0.1) is 0 Å². The summed E-state index contributed by atoms with van der Waals surface area (Å²) in [4.78, 5) is 37.4. The van der Waals surface area contributed by atoms with Gasteiger partial charge in [0.05, 0.1) is 25.2 Å². The van der Waals surface area contributed by atoms with Crippen molar-refractivity contribution in [3.05, 3.63) is 28.2 Å². The van der Waals surface area contributed by atoms with Crippen LogP contribution < -0.4 is 9.47 Å². The number of nitrogens with zero attached hydrogens (tertiary/aromatic N) is 1. The zero-order valence-corrected chi connectivity index (χ0v) is 16.1. The molecule has 0 saturated carbocycles. The molecule has 26 heavy (non-hydrogen) atoms. The average Bonchev–Trinajstić information content (AvgIpc) is 2.83. The van der Waals surface area contributed by atoms with Crippen LogP contribution in [-0.2, 0) is 14.3 Å². The minimum atomic E-state index is -0.620. The number of aryl methyl sites for hydroxylation is 1. The lowest BCUT2D eigenvalue weighted by Gasteiger charge is -2.13. The molecule has 0 atom stereocenters. The summed E-state index contributed by atoms with van der Waals surface area (Å²) in [5, 5.41) is -0.500. The first-order valence-corrected chi connectivity index (χ1v) is 8.76. The summed E-state index contributed by atoms with van der Waals surface area (Å²) in [6.07, 6.45) is 1.29. The van der Waals surface area contributed by atoms with Crippen molar-refractivity contribution < 1.29 is 28.6 Å². The third kappa shape index (κ3) is 4.37. The van der Waals surface area contributed by atoms with Gasteiger partial charge in [0.1, 0.15) is 6.54 Å². The minimum Gasteiger partial charge on any atom is -0.493 e. The summed E-state index contributed by atoms with van der Waals surface area (Å²) in [5.41, 5.74) is 1.58. The van der Waals surface area contributed by atoms with Crippen LogP contribution in [0.1, 0.15) is 25.0 Å². The number of hydrogen-bond donors (Lipinski definition) is 0. The molecule has 0 N–H and O–H groups in total. The molecule has 0 radical (unpaired) electrons. The number of hydrogen-bond acceptors (Lipinski definition) is 7. The molecule has 2 rings (SSSR count). The van der Waals surface area contributed by atoms with Crippen molar-refractivity contribution in [3.8, 4) is 11.5 Å². The maximum absolute atomic E-state index is 12.5. The highest BCUT2D eigenvalue weighted by atomic mass is 32.2. The highest BCUT2D eigenvalue weighted by Crippen LogP contribution is 2.35. The smallest absolute Gasteiger partial charge is 0.326 e. The number of amides is 2. The predicted molar refractivity (Wildman–Crippen MR) is 98.2 cm³/mol. The van der Waals surface area contributed by atoms with E-state index >= 15 is 0 Å². The first-order chi connectivity index (χ1) is 12.3. The van der Waals surface area contributed by atoms with Crippen LogP contribution in [0.2, 0.25) is 0 Å². The summed E-state index contributed by atoms with van der Waals surface area (Å²) in [7, 11) is 3.06. The summed E-state index contributed by atoms with van der Waals surface area (Å²) in [6, 6.07) is 3.52. The Balaban J connectivity index is 2.26. The van der Waals surface area contributed by atoms with Crippen LogP contribution in [0.5, 0.6) is 11.5 Å². The second-order valence-corrected chi connectivity index (χ2v) is 6.86. The van der Waals surface area contributed by atoms with Gasteiger partial charge in [0.2, 0.25) is 0 Å². The fourth-order valence-corrected chi connectivity index (χ4v) is 3.19. The Kier molecular flexibility index (Phi) is 6.31. The highest BCUT2D eigenvalue weighted by molar-refractivity contribution is 8.18. The van der Waals surface area contributed by atoms with Crippen LogP contribution in [0.15, 0.2) is 17.0 Å². The summed E-state index contributed by atoms with van der Waals surface area (Å²) < 4.78 is 15.5. The maximum Gasteiger partial charge on any atom is 0.326 e. The number of carbonyl (C=O) groups excluding carboxylic acids is 3. The first kappa shape index (κ1) is 19.8. The van der Waals surface area contributed by atoms with Gasteiger partial charge in [0.15, 0.2) is 11.5 Å². The predicted octanol–water partition coefficient (Wildman–Crippen LogP) is 3.00. The topological polar surface area (TPSA) is 82.1 Å². The molecule has 1 fully saturated rings. The number of ether oxygens (including phenoxy) is 3. The lowest BCUT2D eigenvalue weighted by Crippen LogP contribution is -2.35. The van der Waals surface area contributed by atoms with Crippen molar-refractivity contribution in [2.24, 2.45) is 0 Å². The van der Waals surface area contributed by atoms with E-state index in [2.05, 4.69) is 0 Å². The molecular formula is C18H21NO6S. The first-order valence-electron chi connectivity index (χ1n) is 7.94. The zero-order valence-electron chi connectivity index (χ0n) is 15.3. The van der Waals surface area contributed by atoms with Crippen molar-refractivity contribution in [2.45, 2.75) is 26.9 Å². The van der Waals surface area contributed by atoms with Crippen molar-refractivity contribution in [3.63, 3.8) is 0 Å². The van der Waals surface area contributed by atoms with Crippen molar-refractivity contribution >= 4 is 35.0 Å². The third-order valence-electron chi connectivity index (χ3n) is 3.59. The van der Waals surface area contributed by atoms with E-state index in [4.69, 9.17) is 14.2 Å². The normalized spacial score (nSPS) is 15.8. The molecule has 7 nitrogen and oxygen atoms in total. The Labute approximate surface area is 156 Å². The average molecular weight is 379 g/mol. The summed E-state index contributed by atoms with van der Waals surface area (Å²) >= 11 is 0.788. The van der Waals surface area contributed by atoms with Gasteiger partial charge >= 0.3 is 5.97 Å². The largest absolute Gasteiger partial charge is 0.493 e. The van der Waals surface area contributed by atoms with Crippen LogP contribution in [0.4, 0.5) is 4.79 Å². The molecule has 8 heteroatoms. The molecule has 140 valence electrons. The van der Waals surface area contributed by atoms with Gasteiger partial charge in [-0.3, -0.25) is 19.3 Å². The lowest BCUT2D eigenvalue weighted by molar-refractivity contribution is -0.149. The second-order valence-electron chi connectivity index (χ2n) is 5.87. The molecule has 1 aromatic rings. The van der Waals surface area contributed by atoms with E-state index < -0.39 is 23.7 Å². The lowest BCUT2D eigenvalue weighted by atomic mass is 10.1. The Morgan fingerprint density at radius 2 is 1.81 bits per heavy atom. The molecule has 0 bridgehead atoms. The van der Waals surface area contributed by atoms with Gasteiger partial charge in [0, 0.05) is 0 Å². The number of benzene rings is 1. The standard InChI is InChI=1S/C18H21NO6S/c1-10(2)25-16(20)9-19-17(21)15(26-18(19)22)8-12-7-14(24-5)13(23-4)6-11(12)3/h6-8,10H,9H2,1-5H3/b15-8+. The third-order valence-corrected chi connectivity index (χ3v) is 4.49. The van der Waals surface area contributed by atoms with Crippen molar-refractivity contribution in [1.29, 1.82) is 0 Å². The molecular weight excluding hydrogens is 358 g/mol. The van der Waals surface area contributed by atoms with Crippen LogP contribution in [0.25, 0.3) is 6.08 Å². The van der Waals surface area contributed by atoms with E-state index in [-0.39, 0.29) is 11.0 Å². The fraction of sp³-hybridized carbons (Fsp3) is 0.389. The van der Waals surface area contributed by atoms with Gasteiger partial charge in [-0.2, -0.15) is 0 Å². The van der Waals surface area contributed by atoms with Crippen molar-refractivity contribution in [2.75, 3.05) is 20.8 Å². The van der Waals surface area contributed by atoms with Crippen molar-refractivity contribution in [1.82, 2.24) is 4.90 Å². The maximum atomic E-state index is 12.5. The summed E-state index contributed by atoms with van der Waals surface area (Å²) in [5.74, 6) is -0.0449. The fourth-order valence-electron chi connectivity index (χ4n) is 2.36. The van der Waals surface area contributed by atoms with Crippen LogP contribution >= 0.6 is 11.8 Å². The quantitative estimate of drug-likeness (QED) is 0.555. The Morgan fingerprint density at radius 3 is 2.38 bits per heavy atom. The van der Waals surface area contributed by atoms with Gasteiger partial charge in [0.25, 0.3) is 11.1 Å². The van der Waals surface area contributed by atoms with E-state index in [1.807, 2.05) is 6.92 Å². The highest BCUT2D eigenvalue weighted by Gasteiger charge is 2.36. The molecule has 0 aliphatic carbocycles.